The van der Waals surface area contributed by atoms with E-state index >= 15 is 0 Å². The molecule has 0 unspecified atom stereocenters. The predicted molar refractivity (Wildman–Crippen MR) is 41.3 cm³/mol. The number of allylic oxidation sites excluding steroid dienone is 1. The Balaban J connectivity index is 3.69. The lowest BCUT2D eigenvalue weighted by Crippen LogP contribution is -1.86. The molecule has 0 rings (SSSR count). The highest BCUT2D eigenvalue weighted by Crippen LogP contribution is 2.00. The summed E-state index contributed by atoms with van der Waals surface area (Å²) in [5.74, 6) is 0. The first kappa shape index (κ1) is 8.63. The van der Waals surface area contributed by atoms with E-state index in [1.807, 2.05) is 6.08 Å². The van der Waals surface area contributed by atoms with Gasteiger partial charge < -0.3 is 0 Å². The number of rotatable bonds is 3. The van der Waals surface area contributed by atoms with E-state index in [0.717, 1.165) is 12.8 Å². The minimum Gasteiger partial charge on any atom is -0.277 e. The molecule has 0 N–H and O–H groups in total. The molecular formula is C7H11OS. The van der Waals surface area contributed by atoms with Gasteiger partial charge in [0.2, 0.25) is 5.12 Å². The fourth-order valence-electron chi connectivity index (χ4n) is 0.444. The quantitative estimate of drug-likeness (QED) is 0.555. The Hall–Kier alpha value is -0.370. The largest absolute Gasteiger partial charge is 0.277 e. The predicted octanol–water partition coefficient (Wildman–Crippen LogP) is 2.46. The molecule has 0 aromatic carbocycles. The van der Waals surface area contributed by atoms with Gasteiger partial charge in [-0.15, -0.1) is 0 Å². The molecule has 0 fully saturated rings. The maximum atomic E-state index is 10.4. The standard InChI is InChI=1S/C7H11OS/c1-3-4-5-6(2)7(8)9/h5H,3-4H2,1-2H3. The van der Waals surface area contributed by atoms with Crippen LogP contribution in [0.15, 0.2) is 11.6 Å². The molecule has 1 nitrogen and oxygen atoms in total. The van der Waals surface area contributed by atoms with Crippen molar-refractivity contribution in [3.05, 3.63) is 11.6 Å². The molecule has 9 heavy (non-hydrogen) atoms. The van der Waals surface area contributed by atoms with Crippen LogP contribution < -0.4 is 0 Å². The van der Waals surface area contributed by atoms with Crippen LogP contribution in [-0.4, -0.2) is 5.12 Å². The molecular weight excluding hydrogens is 132 g/mol. The normalized spacial score (nSPS) is 11.6. The van der Waals surface area contributed by atoms with Crippen LogP contribution in [-0.2, 0) is 4.79 Å². The molecule has 0 aliphatic heterocycles. The molecule has 0 saturated heterocycles. The molecule has 0 amide bonds. The summed E-state index contributed by atoms with van der Waals surface area (Å²) in [6.07, 6.45) is 3.91. The molecule has 0 aromatic heterocycles. The first-order chi connectivity index (χ1) is 4.18. The van der Waals surface area contributed by atoms with E-state index in [1.165, 1.54) is 0 Å². The zero-order valence-electron chi connectivity index (χ0n) is 5.81. The number of carbonyl (C=O) groups excluding carboxylic acids is 1. The van der Waals surface area contributed by atoms with Gasteiger partial charge in [0.05, 0.1) is 0 Å². The maximum absolute atomic E-state index is 10.4. The van der Waals surface area contributed by atoms with Gasteiger partial charge in [-0.05, 0) is 26.0 Å². The van der Waals surface area contributed by atoms with E-state index < -0.39 is 0 Å². The number of unbranched alkanes of at least 4 members (excludes halogenated alkanes) is 1. The Morgan fingerprint density at radius 2 is 2.22 bits per heavy atom. The van der Waals surface area contributed by atoms with Gasteiger partial charge in [0, 0.05) is 5.57 Å². The summed E-state index contributed by atoms with van der Waals surface area (Å²) in [6.45, 7) is 3.82. The third-order valence-electron chi connectivity index (χ3n) is 1.06. The second-order valence-corrected chi connectivity index (χ2v) is 2.33. The lowest BCUT2D eigenvalue weighted by atomic mass is 10.2. The third-order valence-corrected chi connectivity index (χ3v) is 1.38. The van der Waals surface area contributed by atoms with Crippen LogP contribution in [0.2, 0.25) is 0 Å². The van der Waals surface area contributed by atoms with Gasteiger partial charge in [-0.2, -0.15) is 0 Å². The molecule has 0 spiro atoms. The third kappa shape index (κ3) is 4.15. The SMILES string of the molecule is CCCC=C(C)C(=O)[S]. The summed E-state index contributed by atoms with van der Waals surface area (Å²) in [4.78, 5) is 10.4. The van der Waals surface area contributed by atoms with Gasteiger partial charge in [-0.25, -0.2) is 0 Å². The zero-order chi connectivity index (χ0) is 7.28. The smallest absolute Gasteiger partial charge is 0.244 e. The second-order valence-electron chi connectivity index (χ2n) is 1.96. The lowest BCUT2D eigenvalue weighted by molar-refractivity contribution is -0.107. The van der Waals surface area contributed by atoms with Crippen LogP contribution in [0.4, 0.5) is 0 Å². The fourth-order valence-corrected chi connectivity index (χ4v) is 0.528. The van der Waals surface area contributed by atoms with Crippen molar-refractivity contribution in [2.75, 3.05) is 0 Å². The number of hydrogen-bond donors (Lipinski definition) is 0. The van der Waals surface area contributed by atoms with Crippen molar-refractivity contribution in [3.8, 4) is 0 Å². The van der Waals surface area contributed by atoms with Crippen molar-refractivity contribution < 1.29 is 4.79 Å². The lowest BCUT2D eigenvalue weighted by Gasteiger charge is -1.89. The molecule has 0 bridgehead atoms. The van der Waals surface area contributed by atoms with E-state index in [1.54, 1.807) is 6.92 Å². The van der Waals surface area contributed by atoms with Crippen molar-refractivity contribution in [2.24, 2.45) is 0 Å². The monoisotopic (exact) mass is 143 g/mol. The van der Waals surface area contributed by atoms with Gasteiger partial charge in [-0.3, -0.25) is 4.79 Å². The summed E-state index contributed by atoms with van der Waals surface area (Å²) >= 11 is 4.41. The summed E-state index contributed by atoms with van der Waals surface area (Å²) in [5.41, 5.74) is 0.701. The van der Waals surface area contributed by atoms with Crippen molar-refractivity contribution in [3.63, 3.8) is 0 Å². The Morgan fingerprint density at radius 3 is 2.56 bits per heavy atom. The minimum atomic E-state index is -0.233. The van der Waals surface area contributed by atoms with Crippen LogP contribution in [0.25, 0.3) is 0 Å². The maximum Gasteiger partial charge on any atom is 0.244 e. The highest BCUT2D eigenvalue weighted by Gasteiger charge is 1.95. The second kappa shape index (κ2) is 4.50. The molecule has 0 aromatic rings. The molecule has 51 valence electrons. The van der Waals surface area contributed by atoms with Crippen molar-refractivity contribution in [1.82, 2.24) is 0 Å². The molecule has 0 heterocycles. The zero-order valence-corrected chi connectivity index (χ0v) is 6.62. The molecule has 0 aliphatic rings. The summed E-state index contributed by atoms with van der Waals surface area (Å²) in [5, 5.41) is -0.233. The average Bonchev–Trinajstić information content (AvgIpc) is 1.82. The van der Waals surface area contributed by atoms with Crippen LogP contribution in [0.5, 0.6) is 0 Å². The summed E-state index contributed by atoms with van der Waals surface area (Å²) in [7, 11) is 0. The van der Waals surface area contributed by atoms with E-state index in [9.17, 15) is 4.79 Å². The van der Waals surface area contributed by atoms with Crippen LogP contribution >= 0.6 is 12.6 Å². The first-order valence-corrected chi connectivity index (χ1v) is 3.47. The van der Waals surface area contributed by atoms with Crippen LogP contribution in [0.3, 0.4) is 0 Å². The Bertz CT molecular complexity index is 127. The molecule has 0 saturated carbocycles. The highest BCUT2D eigenvalue weighted by atomic mass is 32.1. The van der Waals surface area contributed by atoms with E-state index in [4.69, 9.17) is 0 Å². The first-order valence-electron chi connectivity index (χ1n) is 3.06. The van der Waals surface area contributed by atoms with Crippen molar-refractivity contribution in [2.45, 2.75) is 26.7 Å². The number of hydrogen-bond acceptors (Lipinski definition) is 1. The average molecular weight is 143 g/mol. The van der Waals surface area contributed by atoms with Crippen molar-refractivity contribution in [1.29, 1.82) is 0 Å². The molecule has 1 radical (unpaired) electrons. The number of carbonyl (C=O) groups is 1. The van der Waals surface area contributed by atoms with Gasteiger partial charge in [0.15, 0.2) is 0 Å². The van der Waals surface area contributed by atoms with E-state index in [-0.39, 0.29) is 5.12 Å². The molecule has 0 atom stereocenters. The Labute approximate surface area is 61.6 Å². The molecule has 2 heteroatoms. The minimum absolute atomic E-state index is 0.233. The van der Waals surface area contributed by atoms with Gasteiger partial charge in [0.1, 0.15) is 0 Å². The van der Waals surface area contributed by atoms with E-state index in [0.29, 0.717) is 5.57 Å². The van der Waals surface area contributed by atoms with Crippen LogP contribution in [0.1, 0.15) is 26.7 Å². The van der Waals surface area contributed by atoms with Gasteiger partial charge in [-0.1, -0.05) is 19.4 Å². The summed E-state index contributed by atoms with van der Waals surface area (Å²) in [6, 6.07) is 0. The van der Waals surface area contributed by atoms with Gasteiger partial charge >= 0.3 is 0 Å². The van der Waals surface area contributed by atoms with Gasteiger partial charge in [0.25, 0.3) is 0 Å². The Kier molecular flexibility index (Phi) is 4.32. The Morgan fingerprint density at radius 1 is 1.67 bits per heavy atom. The van der Waals surface area contributed by atoms with E-state index in [2.05, 4.69) is 19.6 Å². The van der Waals surface area contributed by atoms with Crippen molar-refractivity contribution >= 4 is 17.7 Å². The topological polar surface area (TPSA) is 17.1 Å². The van der Waals surface area contributed by atoms with Crippen LogP contribution in [0, 0.1) is 0 Å². The highest BCUT2D eigenvalue weighted by molar-refractivity contribution is 7.97. The molecule has 0 aliphatic carbocycles. The summed E-state index contributed by atoms with van der Waals surface area (Å²) < 4.78 is 0. The fraction of sp³-hybridized carbons (Fsp3) is 0.571.